The average Bonchev–Trinajstić information content (AvgIpc) is 3.43. The third-order valence-electron chi connectivity index (χ3n) is 7.54. The lowest BCUT2D eigenvalue weighted by molar-refractivity contribution is -0.127. The van der Waals surface area contributed by atoms with Gasteiger partial charge in [-0.15, -0.1) is 0 Å². The van der Waals surface area contributed by atoms with Gasteiger partial charge in [-0.1, -0.05) is 32.9 Å². The van der Waals surface area contributed by atoms with E-state index < -0.39 is 5.97 Å². The molecule has 0 aromatic heterocycles. The van der Waals surface area contributed by atoms with Crippen molar-refractivity contribution < 1.29 is 24.2 Å². The van der Waals surface area contributed by atoms with Crippen LogP contribution in [0.4, 0.5) is 0 Å². The van der Waals surface area contributed by atoms with Crippen LogP contribution >= 0.6 is 0 Å². The Morgan fingerprint density at radius 3 is 2.33 bits per heavy atom. The van der Waals surface area contributed by atoms with Gasteiger partial charge in [-0.25, -0.2) is 4.79 Å². The zero-order valence-corrected chi connectivity index (χ0v) is 21.7. The Labute approximate surface area is 212 Å². The monoisotopic (exact) mass is 492 g/mol. The molecule has 0 radical (unpaired) electrons. The maximum Gasteiger partial charge on any atom is 0.335 e. The summed E-state index contributed by atoms with van der Waals surface area (Å²) in [5.41, 5.74) is 3.14. The standard InChI is InChI=1S/C29H36N2O5/c1-16-12-23(36-5)22(14-21(16)17-6-8-18(9-7-17)28(34)35)26(32)31-25-20-11-10-19(13-20)24(25)27(33)30-15-29(2,3)4/h6-9,12,14,19-20,24-25H,10-11,13,15H2,1-5H3,(H,30,33)(H,31,32)(H,34,35)/t19-,20+,24+,25-/m1/s1. The van der Waals surface area contributed by atoms with Gasteiger partial charge in [0.2, 0.25) is 5.91 Å². The first kappa shape index (κ1) is 25.7. The first-order valence-corrected chi connectivity index (χ1v) is 12.6. The zero-order valence-electron chi connectivity index (χ0n) is 21.7. The number of nitrogens with one attached hydrogen (secondary N) is 2. The fourth-order valence-electron chi connectivity index (χ4n) is 5.71. The lowest BCUT2D eigenvalue weighted by atomic mass is 9.83. The van der Waals surface area contributed by atoms with Crippen LogP contribution in [0.1, 0.15) is 66.3 Å². The van der Waals surface area contributed by atoms with Crippen LogP contribution in [-0.4, -0.2) is 42.6 Å². The average molecular weight is 493 g/mol. The molecule has 2 aliphatic carbocycles. The summed E-state index contributed by atoms with van der Waals surface area (Å²) in [7, 11) is 1.53. The summed E-state index contributed by atoms with van der Waals surface area (Å²) in [6.45, 7) is 8.78. The molecule has 2 saturated carbocycles. The van der Waals surface area contributed by atoms with Crippen molar-refractivity contribution in [3.8, 4) is 16.9 Å². The summed E-state index contributed by atoms with van der Waals surface area (Å²) in [6.07, 6.45) is 3.00. The van der Waals surface area contributed by atoms with E-state index in [0.717, 1.165) is 36.0 Å². The van der Waals surface area contributed by atoms with E-state index in [2.05, 4.69) is 31.4 Å². The fourth-order valence-corrected chi connectivity index (χ4v) is 5.71. The van der Waals surface area contributed by atoms with Gasteiger partial charge in [0.05, 0.1) is 24.2 Å². The van der Waals surface area contributed by atoms with Crippen LogP contribution in [0, 0.1) is 30.1 Å². The van der Waals surface area contributed by atoms with Crippen molar-refractivity contribution in [2.45, 2.75) is 53.0 Å². The number of amides is 2. The van der Waals surface area contributed by atoms with Crippen molar-refractivity contribution in [3.63, 3.8) is 0 Å². The highest BCUT2D eigenvalue weighted by atomic mass is 16.5. The predicted octanol–water partition coefficient (Wildman–Crippen LogP) is 4.68. The molecule has 0 spiro atoms. The van der Waals surface area contributed by atoms with E-state index in [9.17, 15) is 19.5 Å². The summed E-state index contributed by atoms with van der Waals surface area (Å²) >= 11 is 0. The minimum Gasteiger partial charge on any atom is -0.496 e. The minimum absolute atomic E-state index is 0.0135. The SMILES string of the molecule is COc1cc(C)c(-c2ccc(C(=O)O)cc2)cc1C(=O)N[C@@H]1[C@H]2CC[C@H](C2)[C@@H]1C(=O)NCC(C)(C)C. The van der Waals surface area contributed by atoms with Gasteiger partial charge in [-0.2, -0.15) is 0 Å². The molecule has 7 nitrogen and oxygen atoms in total. The van der Waals surface area contributed by atoms with Crippen molar-refractivity contribution in [2.24, 2.45) is 23.2 Å². The number of rotatable bonds is 7. The van der Waals surface area contributed by atoms with E-state index in [-0.39, 0.29) is 34.8 Å². The van der Waals surface area contributed by atoms with Crippen molar-refractivity contribution in [3.05, 3.63) is 53.1 Å². The van der Waals surface area contributed by atoms with Gasteiger partial charge in [-0.3, -0.25) is 9.59 Å². The number of aryl methyl sites for hydroxylation is 1. The van der Waals surface area contributed by atoms with Gasteiger partial charge < -0.3 is 20.5 Å². The lowest BCUT2D eigenvalue weighted by Crippen LogP contribution is -2.50. The van der Waals surface area contributed by atoms with E-state index in [1.54, 1.807) is 30.3 Å². The Morgan fingerprint density at radius 2 is 1.72 bits per heavy atom. The van der Waals surface area contributed by atoms with E-state index in [1.807, 2.05) is 13.0 Å². The molecule has 0 unspecified atom stereocenters. The number of carbonyl (C=O) groups excluding carboxylic acids is 2. The molecule has 3 N–H and O–H groups in total. The number of carboxylic acid groups (broad SMARTS) is 1. The van der Waals surface area contributed by atoms with Gasteiger partial charge in [0, 0.05) is 12.6 Å². The first-order chi connectivity index (χ1) is 17.0. The topological polar surface area (TPSA) is 105 Å². The number of aromatic carboxylic acids is 1. The van der Waals surface area contributed by atoms with Gasteiger partial charge in [0.1, 0.15) is 5.75 Å². The number of methoxy groups -OCH3 is 1. The molecule has 2 fully saturated rings. The number of fused-ring (bicyclic) bond motifs is 2. The molecular weight excluding hydrogens is 456 g/mol. The molecule has 4 rings (SSSR count). The van der Waals surface area contributed by atoms with Crippen molar-refractivity contribution in [1.82, 2.24) is 10.6 Å². The third kappa shape index (κ3) is 5.25. The molecule has 2 aromatic rings. The minimum atomic E-state index is -0.986. The van der Waals surface area contributed by atoms with Crippen molar-refractivity contribution >= 4 is 17.8 Å². The van der Waals surface area contributed by atoms with Gasteiger partial charge in [-0.05, 0) is 84.4 Å². The third-order valence-corrected chi connectivity index (χ3v) is 7.54. The van der Waals surface area contributed by atoms with E-state index in [0.29, 0.717) is 29.7 Å². The molecule has 192 valence electrons. The highest BCUT2D eigenvalue weighted by Gasteiger charge is 2.51. The van der Waals surface area contributed by atoms with Crippen molar-refractivity contribution in [1.29, 1.82) is 0 Å². The van der Waals surface area contributed by atoms with Crippen LogP contribution in [0.25, 0.3) is 11.1 Å². The molecule has 2 bridgehead atoms. The molecule has 2 aromatic carbocycles. The Kier molecular flexibility index (Phi) is 7.12. The summed E-state index contributed by atoms with van der Waals surface area (Å²) < 4.78 is 5.55. The highest BCUT2D eigenvalue weighted by molar-refractivity contribution is 5.99. The number of hydrogen-bond acceptors (Lipinski definition) is 4. The van der Waals surface area contributed by atoms with E-state index in [4.69, 9.17) is 4.74 Å². The molecular formula is C29H36N2O5. The highest BCUT2D eigenvalue weighted by Crippen LogP contribution is 2.49. The maximum atomic E-state index is 13.6. The number of hydrogen-bond donors (Lipinski definition) is 3. The molecule has 2 aliphatic rings. The van der Waals surface area contributed by atoms with Crippen LogP contribution in [0.15, 0.2) is 36.4 Å². The fraction of sp³-hybridized carbons (Fsp3) is 0.483. The molecule has 36 heavy (non-hydrogen) atoms. The quantitative estimate of drug-likeness (QED) is 0.521. The molecule has 0 aliphatic heterocycles. The Hall–Kier alpha value is -3.35. The summed E-state index contributed by atoms with van der Waals surface area (Å²) in [6, 6.07) is 10.00. The van der Waals surface area contributed by atoms with Crippen LogP contribution in [0.5, 0.6) is 5.75 Å². The van der Waals surface area contributed by atoms with Gasteiger partial charge in [0.15, 0.2) is 0 Å². The first-order valence-electron chi connectivity index (χ1n) is 12.6. The molecule has 2 amide bonds. The Bertz CT molecular complexity index is 1170. The second-order valence-corrected chi connectivity index (χ2v) is 11.4. The van der Waals surface area contributed by atoms with Crippen LogP contribution < -0.4 is 15.4 Å². The van der Waals surface area contributed by atoms with Gasteiger partial charge in [0.25, 0.3) is 5.91 Å². The van der Waals surface area contributed by atoms with Crippen molar-refractivity contribution in [2.75, 3.05) is 13.7 Å². The maximum absolute atomic E-state index is 13.6. The van der Waals surface area contributed by atoms with Crippen LogP contribution in [0.2, 0.25) is 0 Å². The second kappa shape index (κ2) is 9.96. The summed E-state index contributed by atoms with van der Waals surface area (Å²) in [5.74, 6) is -0.395. The molecule has 0 saturated heterocycles. The number of benzene rings is 2. The number of carboxylic acids is 1. The van der Waals surface area contributed by atoms with E-state index in [1.165, 1.54) is 7.11 Å². The summed E-state index contributed by atoms with van der Waals surface area (Å²) in [5, 5.41) is 15.5. The molecule has 0 heterocycles. The number of ether oxygens (including phenoxy) is 1. The van der Waals surface area contributed by atoms with Crippen LogP contribution in [0.3, 0.4) is 0 Å². The molecule has 4 atom stereocenters. The Morgan fingerprint density at radius 1 is 1.06 bits per heavy atom. The normalized spacial score (nSPS) is 22.8. The Balaban J connectivity index is 1.59. The second-order valence-electron chi connectivity index (χ2n) is 11.4. The van der Waals surface area contributed by atoms with E-state index >= 15 is 0 Å². The van der Waals surface area contributed by atoms with Gasteiger partial charge >= 0.3 is 5.97 Å². The van der Waals surface area contributed by atoms with Crippen LogP contribution in [-0.2, 0) is 4.79 Å². The molecule has 7 heteroatoms. The lowest BCUT2D eigenvalue weighted by Gasteiger charge is -2.32. The smallest absolute Gasteiger partial charge is 0.335 e. The predicted molar refractivity (Wildman–Crippen MR) is 138 cm³/mol. The number of carbonyl (C=O) groups is 3. The largest absolute Gasteiger partial charge is 0.496 e. The zero-order chi connectivity index (χ0) is 26.2. The summed E-state index contributed by atoms with van der Waals surface area (Å²) in [4.78, 5) is 38.0.